The van der Waals surface area contributed by atoms with E-state index in [9.17, 15) is 17.6 Å². The fourth-order valence-corrected chi connectivity index (χ4v) is 2.82. The number of nitrogens with zero attached hydrogens (tertiary/aromatic N) is 1. The molecular weight excluding hydrogens is 328 g/mol. The van der Waals surface area contributed by atoms with Gasteiger partial charge in [-0.2, -0.15) is 13.2 Å². The summed E-state index contributed by atoms with van der Waals surface area (Å²) in [6.07, 6.45) is -4.51. The highest BCUT2D eigenvalue weighted by Gasteiger charge is 2.46. The highest BCUT2D eigenvalue weighted by molar-refractivity contribution is 9.10. The summed E-state index contributed by atoms with van der Waals surface area (Å²) in [6, 6.07) is 1.96. The number of nitrogens with one attached hydrogen (secondary N) is 1. The van der Waals surface area contributed by atoms with Crippen molar-refractivity contribution in [3.63, 3.8) is 0 Å². The van der Waals surface area contributed by atoms with Crippen LogP contribution in [0.5, 0.6) is 0 Å². The van der Waals surface area contributed by atoms with Gasteiger partial charge in [-0.25, -0.2) is 4.39 Å². The minimum absolute atomic E-state index is 0.147. The van der Waals surface area contributed by atoms with Gasteiger partial charge in [0.1, 0.15) is 11.9 Å². The predicted molar refractivity (Wildman–Crippen MR) is 67.3 cm³/mol. The van der Waals surface area contributed by atoms with Crippen LogP contribution in [-0.2, 0) is 0 Å². The van der Waals surface area contributed by atoms with Crippen LogP contribution in [0.15, 0.2) is 22.7 Å². The molecule has 0 aromatic heterocycles. The third kappa shape index (κ3) is 3.27. The molecule has 0 radical (unpaired) electrons. The van der Waals surface area contributed by atoms with Gasteiger partial charge in [-0.3, -0.25) is 4.90 Å². The molecule has 1 aromatic carbocycles. The second kappa shape index (κ2) is 5.76. The minimum atomic E-state index is -4.51. The molecule has 0 bridgehead atoms. The Kier molecular flexibility index (Phi) is 4.47. The molecule has 7 heteroatoms. The molecule has 0 saturated carbocycles. The zero-order valence-corrected chi connectivity index (χ0v) is 11.6. The van der Waals surface area contributed by atoms with Crippen LogP contribution in [0.2, 0.25) is 0 Å². The first kappa shape index (κ1) is 14.7. The zero-order valence-electron chi connectivity index (χ0n) is 9.97. The first-order valence-electron chi connectivity index (χ1n) is 5.86. The van der Waals surface area contributed by atoms with Crippen molar-refractivity contribution in [2.45, 2.75) is 12.2 Å². The van der Waals surface area contributed by atoms with E-state index in [1.165, 1.54) is 17.0 Å². The SMILES string of the molecule is Fc1cccc(Br)c1[C@@H](N1CCNCC1)C(F)(F)F. The summed E-state index contributed by atoms with van der Waals surface area (Å²) in [5.74, 6) is -0.838. The topological polar surface area (TPSA) is 15.3 Å². The largest absolute Gasteiger partial charge is 0.408 e. The lowest BCUT2D eigenvalue weighted by Crippen LogP contribution is -2.49. The van der Waals surface area contributed by atoms with Crippen molar-refractivity contribution in [1.82, 2.24) is 10.2 Å². The maximum Gasteiger partial charge on any atom is 0.408 e. The number of benzene rings is 1. The summed E-state index contributed by atoms with van der Waals surface area (Å²) in [5, 5.41) is 2.99. The van der Waals surface area contributed by atoms with Crippen molar-refractivity contribution in [3.05, 3.63) is 34.1 Å². The summed E-state index contributed by atoms with van der Waals surface area (Å²) >= 11 is 3.02. The molecule has 1 N–H and O–H groups in total. The highest BCUT2D eigenvalue weighted by atomic mass is 79.9. The van der Waals surface area contributed by atoms with Crippen molar-refractivity contribution in [1.29, 1.82) is 0 Å². The van der Waals surface area contributed by atoms with E-state index in [1.807, 2.05) is 0 Å². The van der Waals surface area contributed by atoms with E-state index in [4.69, 9.17) is 0 Å². The van der Waals surface area contributed by atoms with Gasteiger partial charge in [0.25, 0.3) is 0 Å². The molecule has 0 aliphatic carbocycles. The lowest BCUT2D eigenvalue weighted by molar-refractivity contribution is -0.188. The maximum absolute atomic E-state index is 13.8. The fourth-order valence-electron chi connectivity index (χ4n) is 2.27. The normalized spacial score (nSPS) is 19.4. The molecule has 0 unspecified atom stereocenters. The number of hydrogen-bond acceptors (Lipinski definition) is 2. The van der Waals surface area contributed by atoms with E-state index >= 15 is 0 Å². The molecule has 0 amide bonds. The van der Waals surface area contributed by atoms with Gasteiger partial charge in [0.05, 0.1) is 0 Å². The fraction of sp³-hybridized carbons (Fsp3) is 0.500. The molecule has 2 nitrogen and oxygen atoms in total. The van der Waals surface area contributed by atoms with Gasteiger partial charge in [-0.1, -0.05) is 22.0 Å². The Bertz CT molecular complexity index is 424. The van der Waals surface area contributed by atoms with Crippen LogP contribution in [0.1, 0.15) is 11.6 Å². The number of alkyl halides is 3. The summed E-state index contributed by atoms with van der Waals surface area (Å²) in [7, 11) is 0. The average molecular weight is 341 g/mol. The smallest absolute Gasteiger partial charge is 0.314 e. The Morgan fingerprint density at radius 1 is 1.21 bits per heavy atom. The van der Waals surface area contributed by atoms with Crippen LogP contribution in [0.25, 0.3) is 0 Å². The maximum atomic E-state index is 13.8. The monoisotopic (exact) mass is 340 g/mol. The number of halogens is 5. The van der Waals surface area contributed by atoms with Crippen LogP contribution in [-0.4, -0.2) is 37.3 Å². The van der Waals surface area contributed by atoms with Gasteiger partial charge in [-0.05, 0) is 12.1 Å². The van der Waals surface area contributed by atoms with E-state index in [2.05, 4.69) is 21.2 Å². The van der Waals surface area contributed by atoms with Crippen LogP contribution >= 0.6 is 15.9 Å². The minimum Gasteiger partial charge on any atom is -0.314 e. The molecule has 106 valence electrons. The van der Waals surface area contributed by atoms with E-state index in [-0.39, 0.29) is 23.1 Å². The van der Waals surface area contributed by atoms with Gasteiger partial charge in [0, 0.05) is 36.2 Å². The van der Waals surface area contributed by atoms with Gasteiger partial charge in [0.2, 0.25) is 0 Å². The third-order valence-corrected chi connectivity index (χ3v) is 3.79. The molecular formula is C12H13BrF4N2. The molecule has 0 spiro atoms. The van der Waals surface area contributed by atoms with Crippen LogP contribution < -0.4 is 5.32 Å². The van der Waals surface area contributed by atoms with E-state index in [1.54, 1.807) is 0 Å². The van der Waals surface area contributed by atoms with Crippen LogP contribution in [0, 0.1) is 5.82 Å². The Balaban J connectivity index is 2.43. The third-order valence-electron chi connectivity index (χ3n) is 3.10. The average Bonchev–Trinajstić information content (AvgIpc) is 2.33. The first-order valence-corrected chi connectivity index (χ1v) is 6.66. The molecule has 1 aliphatic heterocycles. The lowest BCUT2D eigenvalue weighted by atomic mass is 10.0. The molecule has 1 aromatic rings. The van der Waals surface area contributed by atoms with Gasteiger partial charge < -0.3 is 5.32 Å². The molecule has 1 aliphatic rings. The van der Waals surface area contributed by atoms with Gasteiger partial charge in [-0.15, -0.1) is 0 Å². The lowest BCUT2D eigenvalue weighted by Gasteiger charge is -2.36. The predicted octanol–water partition coefficient (Wildman–Crippen LogP) is 3.10. The number of piperazine rings is 1. The van der Waals surface area contributed by atoms with Crippen molar-refractivity contribution >= 4 is 15.9 Å². The Morgan fingerprint density at radius 2 is 1.84 bits per heavy atom. The summed E-state index contributed by atoms with van der Waals surface area (Å²) in [6.45, 7) is 1.42. The standard InChI is InChI=1S/C12H13BrF4N2/c13-8-2-1-3-9(14)10(8)11(12(15,16)17)19-6-4-18-5-7-19/h1-3,11,18H,4-7H2/t11-/m1/s1. The van der Waals surface area contributed by atoms with Gasteiger partial charge in [0.15, 0.2) is 0 Å². The molecule has 1 saturated heterocycles. The quantitative estimate of drug-likeness (QED) is 0.832. The van der Waals surface area contributed by atoms with Gasteiger partial charge >= 0.3 is 6.18 Å². The van der Waals surface area contributed by atoms with Crippen molar-refractivity contribution in [2.24, 2.45) is 0 Å². The van der Waals surface area contributed by atoms with E-state index in [0.29, 0.717) is 13.1 Å². The summed E-state index contributed by atoms with van der Waals surface area (Å²) in [4.78, 5) is 1.26. The second-order valence-corrected chi connectivity index (χ2v) is 5.22. The Morgan fingerprint density at radius 3 is 2.37 bits per heavy atom. The molecule has 1 heterocycles. The van der Waals surface area contributed by atoms with Crippen molar-refractivity contribution in [2.75, 3.05) is 26.2 Å². The summed E-state index contributed by atoms with van der Waals surface area (Å²) in [5.41, 5.74) is -0.336. The molecule has 1 fully saturated rings. The van der Waals surface area contributed by atoms with Crippen LogP contribution in [0.3, 0.4) is 0 Å². The molecule has 1 atom stereocenters. The second-order valence-electron chi connectivity index (χ2n) is 4.37. The van der Waals surface area contributed by atoms with Crippen molar-refractivity contribution < 1.29 is 17.6 Å². The molecule has 19 heavy (non-hydrogen) atoms. The zero-order chi connectivity index (χ0) is 14.0. The van der Waals surface area contributed by atoms with Crippen molar-refractivity contribution in [3.8, 4) is 0 Å². The number of hydrogen-bond donors (Lipinski definition) is 1. The Labute approximate surface area is 116 Å². The Hall–Kier alpha value is -0.660. The number of rotatable bonds is 2. The van der Waals surface area contributed by atoms with E-state index in [0.717, 1.165) is 6.07 Å². The van der Waals surface area contributed by atoms with E-state index < -0.39 is 18.0 Å². The molecule has 2 rings (SSSR count). The highest BCUT2D eigenvalue weighted by Crippen LogP contribution is 2.41. The summed E-state index contributed by atoms with van der Waals surface area (Å²) < 4.78 is 53.9. The first-order chi connectivity index (χ1) is 8.91. The van der Waals surface area contributed by atoms with Crippen LogP contribution in [0.4, 0.5) is 17.6 Å².